The van der Waals surface area contributed by atoms with Crippen molar-refractivity contribution in [3.63, 3.8) is 0 Å². The van der Waals surface area contributed by atoms with Crippen LogP contribution >= 0.6 is 15.9 Å². The molecule has 0 bridgehead atoms. The van der Waals surface area contributed by atoms with Crippen molar-refractivity contribution < 1.29 is 18.0 Å². The molecule has 0 aromatic heterocycles. The second kappa shape index (κ2) is 4.83. The van der Waals surface area contributed by atoms with Gasteiger partial charge in [-0.25, -0.2) is 0 Å². The maximum absolute atomic E-state index is 11.8. The van der Waals surface area contributed by atoms with E-state index >= 15 is 0 Å². The van der Waals surface area contributed by atoms with E-state index in [0.29, 0.717) is 5.33 Å². The van der Waals surface area contributed by atoms with Gasteiger partial charge < -0.3 is 4.90 Å². The topological polar surface area (TPSA) is 20.3 Å². The summed E-state index contributed by atoms with van der Waals surface area (Å²) >= 11 is 3.09. The molecule has 6 heteroatoms. The van der Waals surface area contributed by atoms with Gasteiger partial charge in [0.15, 0.2) is 0 Å². The molecule has 0 aliphatic carbocycles. The molecule has 0 saturated carbocycles. The molecule has 0 saturated heterocycles. The summed E-state index contributed by atoms with van der Waals surface area (Å²) in [6, 6.07) is -0.227. The van der Waals surface area contributed by atoms with Gasteiger partial charge in [0.2, 0.25) is 5.91 Å². The minimum absolute atomic E-state index is 0.227. The lowest BCUT2D eigenvalue weighted by Crippen LogP contribution is -2.38. The SMILES string of the molecule is CC(CBr)N(C)C(=O)CC(F)(F)F. The number of rotatable bonds is 3. The first kappa shape index (κ1) is 12.7. The van der Waals surface area contributed by atoms with Crippen molar-refractivity contribution in [2.75, 3.05) is 12.4 Å². The van der Waals surface area contributed by atoms with E-state index < -0.39 is 18.5 Å². The van der Waals surface area contributed by atoms with Gasteiger partial charge in [-0.05, 0) is 6.92 Å². The Bertz CT molecular complexity index is 183. The van der Waals surface area contributed by atoms with E-state index in [1.807, 2.05) is 0 Å². The summed E-state index contributed by atoms with van der Waals surface area (Å²) in [5, 5.41) is 0.465. The molecule has 0 spiro atoms. The van der Waals surface area contributed by atoms with E-state index in [2.05, 4.69) is 15.9 Å². The predicted molar refractivity (Wildman–Crippen MR) is 46.7 cm³/mol. The molecular formula is C7H11BrF3NO. The van der Waals surface area contributed by atoms with Crippen molar-refractivity contribution in [3.05, 3.63) is 0 Å². The summed E-state index contributed by atoms with van der Waals surface area (Å²) in [5.41, 5.74) is 0. The zero-order valence-corrected chi connectivity index (χ0v) is 8.94. The normalized spacial score (nSPS) is 14.0. The molecule has 0 N–H and O–H groups in total. The number of carbonyl (C=O) groups excluding carboxylic acids is 1. The zero-order chi connectivity index (χ0) is 10.6. The highest BCUT2D eigenvalue weighted by Crippen LogP contribution is 2.20. The van der Waals surface area contributed by atoms with E-state index in [1.54, 1.807) is 6.92 Å². The maximum atomic E-state index is 11.8. The average Bonchev–Trinajstić information content (AvgIpc) is 1.98. The number of hydrogen-bond donors (Lipinski definition) is 0. The molecule has 78 valence electrons. The Hall–Kier alpha value is -0.260. The molecule has 0 aromatic rings. The highest BCUT2D eigenvalue weighted by Gasteiger charge is 2.33. The molecule has 0 aromatic carbocycles. The summed E-state index contributed by atoms with van der Waals surface area (Å²) in [4.78, 5) is 12.0. The molecule has 1 amide bonds. The van der Waals surface area contributed by atoms with Crippen LogP contribution in [0.5, 0.6) is 0 Å². The molecule has 2 nitrogen and oxygen atoms in total. The van der Waals surface area contributed by atoms with E-state index in [-0.39, 0.29) is 6.04 Å². The summed E-state index contributed by atoms with van der Waals surface area (Å²) < 4.78 is 35.3. The molecule has 0 fully saturated rings. The first-order chi connectivity index (χ1) is 5.78. The standard InChI is InChI=1S/C7H11BrF3NO/c1-5(4-8)12(2)6(13)3-7(9,10)11/h5H,3-4H2,1-2H3. The maximum Gasteiger partial charge on any atom is 0.397 e. The smallest absolute Gasteiger partial charge is 0.342 e. The van der Waals surface area contributed by atoms with Gasteiger partial charge >= 0.3 is 6.18 Å². The number of hydrogen-bond acceptors (Lipinski definition) is 1. The first-order valence-electron chi connectivity index (χ1n) is 3.66. The second-order valence-corrected chi connectivity index (χ2v) is 3.45. The largest absolute Gasteiger partial charge is 0.397 e. The van der Waals surface area contributed by atoms with Crippen LogP contribution in [0, 0.1) is 0 Å². The van der Waals surface area contributed by atoms with Gasteiger partial charge in [0.05, 0.1) is 0 Å². The minimum Gasteiger partial charge on any atom is -0.342 e. The number of halogens is 4. The fourth-order valence-electron chi connectivity index (χ4n) is 0.645. The minimum atomic E-state index is -4.42. The van der Waals surface area contributed by atoms with Crippen molar-refractivity contribution in [3.8, 4) is 0 Å². The fraction of sp³-hybridized carbons (Fsp3) is 0.857. The Morgan fingerprint density at radius 2 is 2.00 bits per heavy atom. The van der Waals surface area contributed by atoms with Crippen LogP contribution in [-0.2, 0) is 4.79 Å². The second-order valence-electron chi connectivity index (χ2n) is 2.80. The quantitative estimate of drug-likeness (QED) is 0.714. The highest BCUT2D eigenvalue weighted by molar-refractivity contribution is 9.09. The van der Waals surface area contributed by atoms with E-state index in [0.717, 1.165) is 4.90 Å². The molecular weight excluding hydrogens is 251 g/mol. The van der Waals surface area contributed by atoms with Crippen LogP contribution in [0.15, 0.2) is 0 Å². The molecule has 1 atom stereocenters. The summed E-state index contributed by atoms with van der Waals surface area (Å²) in [7, 11) is 1.36. The van der Waals surface area contributed by atoms with Crippen molar-refractivity contribution >= 4 is 21.8 Å². The van der Waals surface area contributed by atoms with Gasteiger partial charge in [-0.1, -0.05) is 15.9 Å². The summed E-state index contributed by atoms with van der Waals surface area (Å²) in [5.74, 6) is -0.903. The van der Waals surface area contributed by atoms with Crippen molar-refractivity contribution in [2.45, 2.75) is 25.6 Å². The van der Waals surface area contributed by atoms with Gasteiger partial charge in [-0.2, -0.15) is 13.2 Å². The molecule has 0 heterocycles. The van der Waals surface area contributed by atoms with Gasteiger partial charge in [0.25, 0.3) is 0 Å². The van der Waals surface area contributed by atoms with Crippen LogP contribution in [0.1, 0.15) is 13.3 Å². The van der Waals surface area contributed by atoms with Crippen LogP contribution < -0.4 is 0 Å². The summed E-state index contributed by atoms with van der Waals surface area (Å²) in [6.07, 6.45) is -5.81. The van der Waals surface area contributed by atoms with Crippen molar-refractivity contribution in [1.29, 1.82) is 0 Å². The molecule has 0 rings (SSSR count). The molecule has 0 aliphatic heterocycles. The lowest BCUT2D eigenvalue weighted by Gasteiger charge is -2.23. The van der Waals surface area contributed by atoms with Crippen molar-refractivity contribution in [1.82, 2.24) is 4.90 Å². The molecule has 13 heavy (non-hydrogen) atoms. The number of nitrogens with zero attached hydrogens (tertiary/aromatic N) is 1. The predicted octanol–water partition coefficient (Wildman–Crippen LogP) is 2.18. The first-order valence-corrected chi connectivity index (χ1v) is 4.78. The molecule has 0 radical (unpaired) electrons. The van der Waals surface area contributed by atoms with E-state index in [9.17, 15) is 18.0 Å². The molecule has 0 aliphatic rings. The monoisotopic (exact) mass is 261 g/mol. The van der Waals surface area contributed by atoms with Crippen molar-refractivity contribution in [2.24, 2.45) is 0 Å². The highest BCUT2D eigenvalue weighted by atomic mass is 79.9. The van der Waals surface area contributed by atoms with Gasteiger partial charge in [0, 0.05) is 18.4 Å². The van der Waals surface area contributed by atoms with E-state index in [4.69, 9.17) is 0 Å². The number of amides is 1. The van der Waals surface area contributed by atoms with Crippen LogP contribution in [0.2, 0.25) is 0 Å². The van der Waals surface area contributed by atoms with Gasteiger partial charge in [-0.15, -0.1) is 0 Å². The van der Waals surface area contributed by atoms with Crippen LogP contribution in [-0.4, -0.2) is 35.4 Å². The third-order valence-electron chi connectivity index (χ3n) is 1.63. The third kappa shape index (κ3) is 5.13. The Balaban J connectivity index is 4.12. The Labute approximate surface area is 83.2 Å². The van der Waals surface area contributed by atoms with E-state index in [1.165, 1.54) is 7.05 Å². The Morgan fingerprint density at radius 1 is 1.54 bits per heavy atom. The lowest BCUT2D eigenvalue weighted by molar-refractivity contribution is -0.161. The lowest BCUT2D eigenvalue weighted by atomic mass is 10.3. The number of carbonyl (C=O) groups is 1. The Morgan fingerprint density at radius 3 is 2.31 bits per heavy atom. The summed E-state index contributed by atoms with van der Waals surface area (Å²) in [6.45, 7) is 1.67. The Kier molecular flexibility index (Phi) is 4.74. The van der Waals surface area contributed by atoms with Gasteiger partial charge in [-0.3, -0.25) is 4.79 Å². The third-order valence-corrected chi connectivity index (χ3v) is 2.57. The fourth-order valence-corrected chi connectivity index (χ4v) is 1.08. The van der Waals surface area contributed by atoms with Crippen LogP contribution in [0.25, 0.3) is 0 Å². The zero-order valence-electron chi connectivity index (χ0n) is 7.36. The molecule has 1 unspecified atom stereocenters. The average molecular weight is 262 g/mol. The van der Waals surface area contributed by atoms with Crippen LogP contribution in [0.3, 0.4) is 0 Å². The number of alkyl halides is 4. The van der Waals surface area contributed by atoms with Crippen LogP contribution in [0.4, 0.5) is 13.2 Å². The van der Waals surface area contributed by atoms with Gasteiger partial charge in [0.1, 0.15) is 6.42 Å².